The summed E-state index contributed by atoms with van der Waals surface area (Å²) in [6, 6.07) is 4.72. The van der Waals surface area contributed by atoms with Crippen LogP contribution in [0.25, 0.3) is 5.69 Å². The largest absolute Gasteiger partial charge is 0.416 e. The number of hydrogen-bond acceptors (Lipinski definition) is 1. The molecule has 2 rings (SSSR count). The quantitative estimate of drug-likeness (QED) is 0.752. The summed E-state index contributed by atoms with van der Waals surface area (Å²) in [6.07, 6.45) is -1.38. The van der Waals surface area contributed by atoms with Crippen LogP contribution in [0.2, 0.25) is 5.02 Å². The number of halogens is 4. The van der Waals surface area contributed by atoms with Gasteiger partial charge in [0.15, 0.2) is 0 Å². The summed E-state index contributed by atoms with van der Waals surface area (Å²) in [6.45, 7) is 0. The summed E-state index contributed by atoms with van der Waals surface area (Å²) in [4.78, 5) is 0. The third-order valence-corrected chi connectivity index (χ3v) is 2.34. The summed E-state index contributed by atoms with van der Waals surface area (Å²) in [5.74, 6) is 0. The number of hydrogen-bond donors (Lipinski definition) is 0. The Balaban J connectivity index is 2.54. The molecule has 1 aromatic carbocycles. The van der Waals surface area contributed by atoms with Crippen LogP contribution in [0.15, 0.2) is 36.7 Å². The summed E-state index contributed by atoms with van der Waals surface area (Å²) in [5, 5.41) is 4.05. The SMILES string of the molecule is FC(F)(F)c1ccc(Cl)c(-n2cccn2)c1. The van der Waals surface area contributed by atoms with E-state index in [4.69, 9.17) is 11.6 Å². The molecule has 0 saturated heterocycles. The predicted octanol–water partition coefficient (Wildman–Crippen LogP) is 3.54. The van der Waals surface area contributed by atoms with Gasteiger partial charge >= 0.3 is 6.18 Å². The highest BCUT2D eigenvalue weighted by Gasteiger charge is 2.31. The van der Waals surface area contributed by atoms with Crippen LogP contribution in [-0.2, 0) is 6.18 Å². The second-order valence-corrected chi connectivity index (χ2v) is 3.52. The fourth-order valence-electron chi connectivity index (χ4n) is 1.28. The second-order valence-electron chi connectivity index (χ2n) is 3.11. The maximum Gasteiger partial charge on any atom is 0.416 e. The normalized spacial score (nSPS) is 11.8. The first kappa shape index (κ1) is 11.0. The zero-order valence-electron chi connectivity index (χ0n) is 7.87. The molecule has 2 aromatic rings. The standard InChI is InChI=1S/C10H6ClF3N2/c11-8-3-2-7(10(12,13)14)6-9(8)16-5-1-4-15-16/h1-6H. The Morgan fingerprint density at radius 3 is 2.56 bits per heavy atom. The van der Waals surface area contributed by atoms with Gasteiger partial charge in [0.25, 0.3) is 0 Å². The molecule has 1 aromatic heterocycles. The summed E-state index contributed by atoms with van der Waals surface area (Å²) in [5.41, 5.74) is -0.538. The molecule has 16 heavy (non-hydrogen) atoms. The lowest BCUT2D eigenvalue weighted by Gasteiger charge is -2.10. The first-order valence-corrected chi connectivity index (χ1v) is 4.73. The van der Waals surface area contributed by atoms with E-state index < -0.39 is 11.7 Å². The van der Waals surface area contributed by atoms with Crippen molar-refractivity contribution in [1.29, 1.82) is 0 Å². The lowest BCUT2D eigenvalue weighted by atomic mass is 10.2. The molecular formula is C10H6ClF3N2. The average Bonchev–Trinajstić information content (AvgIpc) is 2.69. The fraction of sp³-hybridized carbons (Fsp3) is 0.100. The molecule has 0 radical (unpaired) electrons. The highest BCUT2D eigenvalue weighted by Crippen LogP contribution is 2.32. The first-order chi connectivity index (χ1) is 7.48. The molecule has 0 unspecified atom stereocenters. The smallest absolute Gasteiger partial charge is 0.239 e. The van der Waals surface area contributed by atoms with E-state index in [1.807, 2.05) is 0 Å². The van der Waals surface area contributed by atoms with E-state index in [-0.39, 0.29) is 10.7 Å². The molecular weight excluding hydrogens is 241 g/mol. The van der Waals surface area contributed by atoms with Crippen LogP contribution in [0, 0.1) is 0 Å². The molecule has 0 fully saturated rings. The second kappa shape index (κ2) is 3.83. The summed E-state index contributed by atoms with van der Waals surface area (Å²) >= 11 is 5.81. The Bertz CT molecular complexity index is 491. The zero-order valence-corrected chi connectivity index (χ0v) is 8.63. The number of rotatable bonds is 1. The topological polar surface area (TPSA) is 17.8 Å². The maximum absolute atomic E-state index is 12.5. The van der Waals surface area contributed by atoms with Gasteiger partial charge < -0.3 is 0 Å². The average molecular weight is 247 g/mol. The highest BCUT2D eigenvalue weighted by molar-refractivity contribution is 6.32. The Hall–Kier alpha value is -1.49. The third-order valence-electron chi connectivity index (χ3n) is 2.02. The van der Waals surface area contributed by atoms with E-state index in [2.05, 4.69) is 5.10 Å². The number of nitrogens with zero attached hydrogens (tertiary/aromatic N) is 2. The van der Waals surface area contributed by atoms with Crippen molar-refractivity contribution in [2.24, 2.45) is 0 Å². The molecule has 0 spiro atoms. The Morgan fingerprint density at radius 2 is 2.00 bits per heavy atom. The molecule has 2 nitrogen and oxygen atoms in total. The minimum Gasteiger partial charge on any atom is -0.239 e. The van der Waals surface area contributed by atoms with E-state index in [1.165, 1.54) is 23.1 Å². The molecule has 0 aliphatic heterocycles. The van der Waals surface area contributed by atoms with Gasteiger partial charge in [-0.25, -0.2) is 4.68 Å². The van der Waals surface area contributed by atoms with Crippen LogP contribution in [0.3, 0.4) is 0 Å². The van der Waals surface area contributed by atoms with Crippen molar-refractivity contribution >= 4 is 11.6 Å². The molecule has 0 amide bonds. The Morgan fingerprint density at radius 1 is 1.25 bits per heavy atom. The predicted molar refractivity (Wildman–Crippen MR) is 53.6 cm³/mol. The van der Waals surface area contributed by atoms with Crippen LogP contribution < -0.4 is 0 Å². The van der Waals surface area contributed by atoms with Gasteiger partial charge in [0.1, 0.15) is 0 Å². The van der Waals surface area contributed by atoms with E-state index in [0.717, 1.165) is 12.1 Å². The van der Waals surface area contributed by atoms with Crippen LogP contribution in [0.5, 0.6) is 0 Å². The van der Waals surface area contributed by atoms with Crippen LogP contribution in [0.4, 0.5) is 13.2 Å². The number of benzene rings is 1. The van der Waals surface area contributed by atoms with Crippen molar-refractivity contribution in [1.82, 2.24) is 9.78 Å². The van der Waals surface area contributed by atoms with Gasteiger partial charge in [0, 0.05) is 12.4 Å². The first-order valence-electron chi connectivity index (χ1n) is 4.35. The van der Waals surface area contributed by atoms with Crippen molar-refractivity contribution in [3.63, 3.8) is 0 Å². The van der Waals surface area contributed by atoms with Crippen molar-refractivity contribution in [2.75, 3.05) is 0 Å². The van der Waals surface area contributed by atoms with Crippen LogP contribution in [-0.4, -0.2) is 9.78 Å². The van der Waals surface area contributed by atoms with Crippen molar-refractivity contribution in [2.45, 2.75) is 6.18 Å². The van der Waals surface area contributed by atoms with Gasteiger partial charge in [0.05, 0.1) is 16.3 Å². The molecule has 1 heterocycles. The molecule has 0 aliphatic carbocycles. The van der Waals surface area contributed by atoms with Crippen LogP contribution in [0.1, 0.15) is 5.56 Å². The van der Waals surface area contributed by atoms with Crippen molar-refractivity contribution in [3.05, 3.63) is 47.2 Å². The lowest BCUT2D eigenvalue weighted by molar-refractivity contribution is -0.137. The monoisotopic (exact) mass is 246 g/mol. The summed E-state index contributed by atoms with van der Waals surface area (Å²) in [7, 11) is 0. The number of alkyl halides is 3. The summed E-state index contributed by atoms with van der Waals surface area (Å²) < 4.78 is 38.7. The molecule has 0 saturated carbocycles. The van der Waals surface area contributed by atoms with Gasteiger partial charge in [-0.05, 0) is 24.3 Å². The van der Waals surface area contributed by atoms with E-state index in [1.54, 1.807) is 6.07 Å². The van der Waals surface area contributed by atoms with Crippen molar-refractivity contribution < 1.29 is 13.2 Å². The Kier molecular flexibility index (Phi) is 2.63. The van der Waals surface area contributed by atoms with Crippen molar-refractivity contribution in [3.8, 4) is 5.69 Å². The van der Waals surface area contributed by atoms with Crippen LogP contribution >= 0.6 is 11.6 Å². The molecule has 0 N–H and O–H groups in total. The van der Waals surface area contributed by atoms with Gasteiger partial charge in [-0.3, -0.25) is 0 Å². The molecule has 0 aliphatic rings. The number of aromatic nitrogens is 2. The van der Waals surface area contributed by atoms with Gasteiger partial charge in [-0.1, -0.05) is 11.6 Å². The molecule has 6 heteroatoms. The Labute approximate surface area is 94.3 Å². The van der Waals surface area contributed by atoms with E-state index in [0.29, 0.717) is 0 Å². The zero-order chi connectivity index (χ0) is 11.8. The molecule has 0 bridgehead atoms. The van der Waals surface area contributed by atoms with E-state index >= 15 is 0 Å². The van der Waals surface area contributed by atoms with E-state index in [9.17, 15) is 13.2 Å². The van der Waals surface area contributed by atoms with Gasteiger partial charge in [-0.2, -0.15) is 18.3 Å². The third kappa shape index (κ3) is 2.04. The highest BCUT2D eigenvalue weighted by atomic mass is 35.5. The van der Waals surface area contributed by atoms with Gasteiger partial charge in [0.2, 0.25) is 0 Å². The molecule has 0 atom stereocenters. The lowest BCUT2D eigenvalue weighted by Crippen LogP contribution is -2.06. The minimum absolute atomic E-state index is 0.210. The fourth-order valence-corrected chi connectivity index (χ4v) is 1.48. The molecule has 84 valence electrons. The maximum atomic E-state index is 12.5. The minimum atomic E-state index is -4.38. The van der Waals surface area contributed by atoms with Gasteiger partial charge in [-0.15, -0.1) is 0 Å².